The van der Waals surface area contributed by atoms with Crippen LogP contribution in [0.2, 0.25) is 0 Å². The van der Waals surface area contributed by atoms with Crippen molar-refractivity contribution in [2.45, 2.75) is 17.3 Å². The zero-order chi connectivity index (χ0) is 23.5. The highest BCUT2D eigenvalue weighted by molar-refractivity contribution is 8.00. The number of morpholine rings is 1. The molecule has 1 amide bonds. The molecule has 2 aromatic heterocycles. The van der Waals surface area contributed by atoms with Crippen LogP contribution in [-0.2, 0) is 9.53 Å². The van der Waals surface area contributed by atoms with Crippen molar-refractivity contribution in [3.8, 4) is 5.69 Å². The summed E-state index contributed by atoms with van der Waals surface area (Å²) in [6, 6.07) is 19.0. The maximum atomic E-state index is 13.2. The van der Waals surface area contributed by atoms with Gasteiger partial charge < -0.3 is 15.0 Å². The first-order valence-electron chi connectivity index (χ1n) is 11.1. The molecule has 0 unspecified atom stereocenters. The van der Waals surface area contributed by atoms with Crippen LogP contribution in [0.3, 0.4) is 0 Å². The molecule has 0 aliphatic carbocycles. The fraction of sp³-hybridized carbons (Fsp3) is 0.240. The topological polar surface area (TPSA) is 76.5 Å². The second-order valence-corrected chi connectivity index (χ2v) is 10.1. The Bertz CT molecular complexity index is 1350. The lowest BCUT2D eigenvalue weighted by Crippen LogP contribution is -2.36. The van der Waals surface area contributed by atoms with E-state index in [1.807, 2.05) is 66.9 Å². The number of anilines is 2. The van der Waals surface area contributed by atoms with Crippen LogP contribution in [0.5, 0.6) is 0 Å². The Hall–Kier alpha value is -3.14. The lowest BCUT2D eigenvalue weighted by Gasteiger charge is -2.28. The van der Waals surface area contributed by atoms with E-state index in [1.165, 1.54) is 23.1 Å². The molecule has 1 atom stereocenters. The quantitative estimate of drug-likeness (QED) is 0.318. The number of carbonyl (C=O) groups excluding carboxylic acids is 1. The number of hydrogen-bond donors (Lipinski definition) is 1. The van der Waals surface area contributed by atoms with Crippen LogP contribution in [-0.4, -0.2) is 47.0 Å². The standard InChI is InChI=1S/C25H24N4O3S2/c1-17(22(30)26-18-7-9-19(10-8-18)28-12-14-32-15-13-28)34-25-27-23-21(11-16-33-23)24(31)29(25)20-5-3-2-4-6-20/h2-11,16-17H,12-15H2,1H3,(H,26,30)/t17-/m0/s1. The van der Waals surface area contributed by atoms with Crippen LogP contribution in [0.15, 0.2) is 76.0 Å². The Morgan fingerprint density at radius 2 is 1.79 bits per heavy atom. The van der Waals surface area contributed by atoms with Crippen molar-refractivity contribution in [1.29, 1.82) is 0 Å². The Morgan fingerprint density at radius 3 is 2.53 bits per heavy atom. The van der Waals surface area contributed by atoms with Gasteiger partial charge in [0.25, 0.3) is 5.56 Å². The second-order valence-electron chi connectivity index (χ2n) is 7.91. The molecule has 1 saturated heterocycles. The van der Waals surface area contributed by atoms with Crippen LogP contribution in [0, 0.1) is 0 Å². The minimum atomic E-state index is -0.460. The maximum absolute atomic E-state index is 13.2. The summed E-state index contributed by atoms with van der Waals surface area (Å²) in [5.74, 6) is -0.149. The average molecular weight is 493 g/mol. The number of benzene rings is 2. The number of nitrogens with zero attached hydrogens (tertiary/aromatic N) is 3. The number of nitrogens with one attached hydrogen (secondary N) is 1. The molecule has 174 valence electrons. The summed E-state index contributed by atoms with van der Waals surface area (Å²) in [4.78, 5) is 33.9. The number of amides is 1. The molecule has 5 rings (SSSR count). The number of thiophene rings is 1. The number of ether oxygens (including phenoxy) is 1. The van der Waals surface area contributed by atoms with Gasteiger partial charge in [0.15, 0.2) is 5.16 Å². The van der Waals surface area contributed by atoms with Crippen molar-refractivity contribution >= 4 is 50.6 Å². The highest BCUT2D eigenvalue weighted by atomic mass is 32.2. The average Bonchev–Trinajstić information content (AvgIpc) is 3.35. The molecule has 3 heterocycles. The normalized spacial score (nSPS) is 14.8. The molecule has 0 saturated carbocycles. The van der Waals surface area contributed by atoms with E-state index >= 15 is 0 Å². The molecule has 7 nitrogen and oxygen atoms in total. The van der Waals surface area contributed by atoms with Crippen LogP contribution >= 0.6 is 23.1 Å². The van der Waals surface area contributed by atoms with E-state index in [1.54, 1.807) is 10.6 Å². The molecule has 1 N–H and O–H groups in total. The number of hydrogen-bond acceptors (Lipinski definition) is 7. The lowest BCUT2D eigenvalue weighted by molar-refractivity contribution is -0.115. The molecule has 34 heavy (non-hydrogen) atoms. The van der Waals surface area contributed by atoms with Gasteiger partial charge in [0.05, 0.1) is 29.5 Å². The predicted octanol–water partition coefficient (Wildman–Crippen LogP) is 4.40. The number of thioether (sulfide) groups is 1. The Labute approximate surface area is 205 Å². The van der Waals surface area contributed by atoms with Crippen LogP contribution in [0.4, 0.5) is 11.4 Å². The maximum Gasteiger partial charge on any atom is 0.267 e. The molecule has 9 heteroatoms. The monoisotopic (exact) mass is 492 g/mol. The molecule has 1 aliphatic heterocycles. The molecular weight excluding hydrogens is 468 g/mol. The highest BCUT2D eigenvalue weighted by Gasteiger charge is 2.21. The van der Waals surface area contributed by atoms with E-state index < -0.39 is 5.25 Å². The highest BCUT2D eigenvalue weighted by Crippen LogP contribution is 2.28. The van der Waals surface area contributed by atoms with Gasteiger partial charge in [0.1, 0.15) is 4.83 Å². The van der Waals surface area contributed by atoms with Crippen LogP contribution in [0.25, 0.3) is 15.9 Å². The molecule has 2 aromatic carbocycles. The summed E-state index contributed by atoms with van der Waals surface area (Å²) in [6.45, 7) is 5.01. The molecule has 1 aliphatic rings. The summed E-state index contributed by atoms with van der Waals surface area (Å²) < 4.78 is 6.99. The second kappa shape index (κ2) is 10.0. The molecule has 0 bridgehead atoms. The van der Waals surface area contributed by atoms with E-state index in [9.17, 15) is 9.59 Å². The van der Waals surface area contributed by atoms with Crippen molar-refractivity contribution in [2.75, 3.05) is 36.5 Å². The smallest absolute Gasteiger partial charge is 0.267 e. The van der Waals surface area contributed by atoms with Gasteiger partial charge in [-0.05, 0) is 54.8 Å². The fourth-order valence-corrected chi connectivity index (χ4v) is 5.54. The molecule has 4 aromatic rings. The van der Waals surface area contributed by atoms with Crippen molar-refractivity contribution in [2.24, 2.45) is 0 Å². The summed E-state index contributed by atoms with van der Waals surface area (Å²) in [5, 5.41) is 5.46. The van der Waals surface area contributed by atoms with Gasteiger partial charge in [0, 0.05) is 24.5 Å². The SMILES string of the molecule is C[C@H](Sc1nc2sccc2c(=O)n1-c1ccccc1)C(=O)Nc1ccc(N2CCOCC2)cc1. The van der Waals surface area contributed by atoms with Crippen molar-refractivity contribution < 1.29 is 9.53 Å². The van der Waals surface area contributed by atoms with Crippen molar-refractivity contribution in [1.82, 2.24) is 9.55 Å². The van der Waals surface area contributed by atoms with Gasteiger partial charge in [-0.3, -0.25) is 14.2 Å². The van der Waals surface area contributed by atoms with Gasteiger partial charge in [-0.2, -0.15) is 0 Å². The number of rotatable bonds is 6. The number of aromatic nitrogens is 2. The minimum Gasteiger partial charge on any atom is -0.378 e. The largest absolute Gasteiger partial charge is 0.378 e. The van der Waals surface area contributed by atoms with E-state index in [0.29, 0.717) is 15.4 Å². The van der Waals surface area contributed by atoms with Gasteiger partial charge in [-0.1, -0.05) is 30.0 Å². The summed E-state index contributed by atoms with van der Waals surface area (Å²) >= 11 is 2.70. The molecule has 0 spiro atoms. The Kier molecular flexibility index (Phi) is 6.66. The zero-order valence-corrected chi connectivity index (χ0v) is 20.3. The van der Waals surface area contributed by atoms with Crippen LogP contribution in [0.1, 0.15) is 6.92 Å². The van der Waals surface area contributed by atoms with E-state index in [4.69, 9.17) is 9.72 Å². The summed E-state index contributed by atoms with van der Waals surface area (Å²) in [5.41, 5.74) is 2.44. The first-order chi connectivity index (χ1) is 16.6. The fourth-order valence-electron chi connectivity index (χ4n) is 3.81. The lowest BCUT2D eigenvalue weighted by atomic mass is 10.2. The zero-order valence-electron chi connectivity index (χ0n) is 18.6. The van der Waals surface area contributed by atoms with Gasteiger partial charge in [-0.25, -0.2) is 4.98 Å². The third-order valence-electron chi connectivity index (χ3n) is 5.64. The van der Waals surface area contributed by atoms with E-state index in [0.717, 1.165) is 43.4 Å². The molecular formula is C25H24N4O3S2. The van der Waals surface area contributed by atoms with E-state index in [-0.39, 0.29) is 11.5 Å². The van der Waals surface area contributed by atoms with Gasteiger partial charge in [0.2, 0.25) is 5.91 Å². The van der Waals surface area contributed by atoms with Crippen molar-refractivity contribution in [3.63, 3.8) is 0 Å². The summed E-state index contributed by atoms with van der Waals surface area (Å²) in [7, 11) is 0. The van der Waals surface area contributed by atoms with Gasteiger partial charge >= 0.3 is 0 Å². The molecule has 0 radical (unpaired) electrons. The van der Waals surface area contributed by atoms with E-state index in [2.05, 4.69) is 10.2 Å². The Balaban J connectivity index is 1.35. The molecule has 1 fully saturated rings. The van der Waals surface area contributed by atoms with Crippen LogP contribution < -0.4 is 15.8 Å². The minimum absolute atomic E-state index is 0.133. The number of para-hydroxylation sites is 1. The number of fused-ring (bicyclic) bond motifs is 1. The predicted molar refractivity (Wildman–Crippen MR) is 139 cm³/mol. The Morgan fingerprint density at radius 1 is 1.06 bits per heavy atom. The van der Waals surface area contributed by atoms with Gasteiger partial charge in [-0.15, -0.1) is 11.3 Å². The summed E-state index contributed by atoms with van der Waals surface area (Å²) in [6.07, 6.45) is 0. The first-order valence-corrected chi connectivity index (χ1v) is 12.8. The third kappa shape index (κ3) is 4.72. The van der Waals surface area contributed by atoms with Crippen molar-refractivity contribution in [3.05, 3.63) is 76.4 Å². The number of carbonyl (C=O) groups is 1. The first kappa shape index (κ1) is 22.6. The third-order valence-corrected chi connectivity index (χ3v) is 7.50.